The van der Waals surface area contributed by atoms with Gasteiger partial charge < -0.3 is 5.32 Å². The van der Waals surface area contributed by atoms with Crippen LogP contribution < -0.4 is 11.0 Å². The molecular formula is C18H29N3O2S2. The van der Waals surface area contributed by atoms with Gasteiger partial charge in [0.1, 0.15) is 10.4 Å². The van der Waals surface area contributed by atoms with Gasteiger partial charge in [-0.3, -0.25) is 13.9 Å². The van der Waals surface area contributed by atoms with Crippen molar-refractivity contribution in [1.82, 2.24) is 9.13 Å². The number of carbonyl (C=O) groups excluding carboxylic acids is 1. The highest BCUT2D eigenvalue weighted by Gasteiger charge is 2.14. The Balaban J connectivity index is 3.11. The Morgan fingerprint density at radius 3 is 2.52 bits per heavy atom. The largest absolute Gasteiger partial charge is 0.347 e. The molecule has 1 rings (SSSR count). The summed E-state index contributed by atoms with van der Waals surface area (Å²) in [6.07, 6.45) is 4.88. The van der Waals surface area contributed by atoms with Crippen LogP contribution >= 0.6 is 24.0 Å². The van der Waals surface area contributed by atoms with E-state index in [1.54, 1.807) is 18.7 Å². The highest BCUT2D eigenvalue weighted by Crippen LogP contribution is 2.24. The Labute approximate surface area is 159 Å². The highest BCUT2D eigenvalue weighted by molar-refractivity contribution is 8.03. The minimum absolute atomic E-state index is 0.0755. The summed E-state index contributed by atoms with van der Waals surface area (Å²) in [6.45, 7) is 7.96. The van der Waals surface area contributed by atoms with E-state index in [0.29, 0.717) is 10.4 Å². The molecule has 7 heteroatoms. The minimum Gasteiger partial charge on any atom is -0.347 e. The van der Waals surface area contributed by atoms with Gasteiger partial charge in [0.2, 0.25) is 0 Å². The van der Waals surface area contributed by atoms with Crippen molar-refractivity contribution in [3.05, 3.63) is 31.9 Å². The van der Waals surface area contributed by atoms with E-state index in [1.165, 1.54) is 16.3 Å². The summed E-state index contributed by atoms with van der Waals surface area (Å²) in [5.74, 6) is 0.755. The third-order valence-electron chi connectivity index (χ3n) is 4.36. The second-order valence-electron chi connectivity index (χ2n) is 6.21. The van der Waals surface area contributed by atoms with Gasteiger partial charge in [-0.25, -0.2) is 4.79 Å². The number of hydrogen-bond acceptors (Lipinski definition) is 5. The number of ketones is 1. The molecule has 5 nitrogen and oxygen atoms in total. The number of nitrogens with one attached hydrogen (secondary N) is 1. The van der Waals surface area contributed by atoms with Gasteiger partial charge in [0.05, 0.1) is 16.5 Å². The first-order chi connectivity index (χ1) is 11.7. The molecule has 0 amide bonds. The highest BCUT2D eigenvalue weighted by atomic mass is 32.2. The van der Waals surface area contributed by atoms with Crippen LogP contribution in [0.3, 0.4) is 0 Å². The summed E-state index contributed by atoms with van der Waals surface area (Å²) in [6, 6.07) is 0. The fourth-order valence-corrected chi connectivity index (χ4v) is 3.42. The molecule has 0 radical (unpaired) electrons. The monoisotopic (exact) mass is 383 g/mol. The number of nitrogens with zero attached hydrogens (tertiary/aromatic N) is 2. The topological polar surface area (TPSA) is 56.0 Å². The standard InChI is InChI=1S/C18H29N3O2S2/c1-7-9-10-15(25-11-14(22)12(3)8-2)19-16-13(4)20(5)18(23)21(6)17(16)24/h10,12,19H,7-9,11H2,1-6H3/b15-10-. The molecule has 1 aromatic heterocycles. The van der Waals surface area contributed by atoms with Gasteiger partial charge in [-0.05, 0) is 19.8 Å². The Hall–Kier alpha value is -1.34. The molecule has 25 heavy (non-hydrogen) atoms. The molecule has 0 spiro atoms. The number of rotatable bonds is 9. The van der Waals surface area contributed by atoms with Crippen LogP contribution in [0.25, 0.3) is 0 Å². The minimum atomic E-state index is -0.147. The van der Waals surface area contributed by atoms with Crippen molar-refractivity contribution < 1.29 is 4.79 Å². The van der Waals surface area contributed by atoms with Gasteiger partial charge >= 0.3 is 5.69 Å². The van der Waals surface area contributed by atoms with Crippen LogP contribution in [-0.4, -0.2) is 20.7 Å². The molecule has 0 aliphatic heterocycles. The van der Waals surface area contributed by atoms with Gasteiger partial charge in [-0.2, -0.15) is 0 Å². The van der Waals surface area contributed by atoms with Crippen molar-refractivity contribution in [2.45, 2.75) is 47.0 Å². The van der Waals surface area contributed by atoms with Crippen LogP contribution in [0.15, 0.2) is 15.9 Å². The Morgan fingerprint density at radius 1 is 1.32 bits per heavy atom. The summed E-state index contributed by atoms with van der Waals surface area (Å²) >= 11 is 6.94. The zero-order valence-electron chi connectivity index (χ0n) is 16.0. The number of unbranched alkanes of at least 4 members (excludes halogenated alkanes) is 1. The van der Waals surface area contributed by atoms with E-state index in [9.17, 15) is 9.59 Å². The Bertz CT molecular complexity index is 763. The van der Waals surface area contributed by atoms with E-state index in [0.717, 1.165) is 35.7 Å². The average Bonchev–Trinajstić information content (AvgIpc) is 2.62. The fourth-order valence-electron chi connectivity index (χ4n) is 2.15. The molecule has 1 aromatic rings. The van der Waals surface area contributed by atoms with Crippen molar-refractivity contribution >= 4 is 35.5 Å². The van der Waals surface area contributed by atoms with E-state index in [-0.39, 0.29) is 17.4 Å². The number of anilines is 1. The molecule has 0 aliphatic rings. The van der Waals surface area contributed by atoms with Crippen molar-refractivity contribution in [2.24, 2.45) is 20.0 Å². The first kappa shape index (κ1) is 21.7. The molecule has 0 aromatic carbocycles. The van der Waals surface area contributed by atoms with Crippen LogP contribution in [0.1, 0.15) is 45.7 Å². The molecule has 0 fully saturated rings. The number of Topliss-reactive ketones (excluding diaryl/α,β-unsaturated/α-hetero) is 1. The van der Waals surface area contributed by atoms with Crippen LogP contribution in [0.2, 0.25) is 0 Å². The quantitative estimate of drug-likeness (QED) is 0.649. The lowest BCUT2D eigenvalue weighted by Gasteiger charge is -2.17. The van der Waals surface area contributed by atoms with Crippen molar-refractivity contribution in [3.63, 3.8) is 0 Å². The van der Waals surface area contributed by atoms with Gasteiger partial charge in [-0.15, -0.1) is 11.8 Å². The fraction of sp³-hybridized carbons (Fsp3) is 0.611. The summed E-state index contributed by atoms with van der Waals surface area (Å²) in [5, 5.41) is 4.27. The molecule has 1 unspecified atom stereocenters. The zero-order chi connectivity index (χ0) is 19.1. The second kappa shape index (κ2) is 9.97. The summed E-state index contributed by atoms with van der Waals surface area (Å²) in [7, 11) is 3.40. The lowest BCUT2D eigenvalue weighted by molar-refractivity contribution is -0.119. The molecule has 1 atom stereocenters. The first-order valence-corrected chi connectivity index (χ1v) is 10.0. The Kier molecular flexibility index (Phi) is 8.65. The van der Waals surface area contributed by atoms with E-state index in [4.69, 9.17) is 12.2 Å². The SMILES string of the molecule is CCC/C=C(/Nc1c(C)n(C)c(=O)n(C)c1=S)SCC(=O)C(C)CC. The van der Waals surface area contributed by atoms with E-state index in [1.807, 2.05) is 20.8 Å². The summed E-state index contributed by atoms with van der Waals surface area (Å²) < 4.78 is 3.50. The third kappa shape index (κ3) is 5.57. The normalized spacial score (nSPS) is 13.0. The molecule has 0 bridgehead atoms. The summed E-state index contributed by atoms with van der Waals surface area (Å²) in [5.41, 5.74) is 1.38. The molecule has 0 saturated heterocycles. The van der Waals surface area contributed by atoms with Crippen molar-refractivity contribution in [1.29, 1.82) is 0 Å². The maximum atomic E-state index is 12.1. The van der Waals surface area contributed by atoms with Crippen molar-refractivity contribution in [3.8, 4) is 0 Å². The van der Waals surface area contributed by atoms with E-state index < -0.39 is 0 Å². The summed E-state index contributed by atoms with van der Waals surface area (Å²) in [4.78, 5) is 24.3. The van der Waals surface area contributed by atoms with Crippen molar-refractivity contribution in [2.75, 3.05) is 11.1 Å². The lowest BCUT2D eigenvalue weighted by Crippen LogP contribution is -2.30. The molecule has 140 valence electrons. The Morgan fingerprint density at radius 2 is 1.96 bits per heavy atom. The predicted molar refractivity (Wildman–Crippen MR) is 110 cm³/mol. The number of allylic oxidation sites excluding steroid dienone is 1. The number of aromatic nitrogens is 2. The van der Waals surface area contributed by atoms with Crippen LogP contribution in [0, 0.1) is 17.5 Å². The van der Waals surface area contributed by atoms with Gasteiger partial charge in [0.25, 0.3) is 0 Å². The average molecular weight is 384 g/mol. The third-order valence-corrected chi connectivity index (χ3v) is 5.84. The molecule has 1 heterocycles. The maximum absolute atomic E-state index is 12.1. The van der Waals surface area contributed by atoms with Gasteiger partial charge in [0, 0.05) is 25.7 Å². The molecule has 0 aliphatic carbocycles. The molecule has 0 saturated carbocycles. The second-order valence-corrected chi connectivity index (χ2v) is 7.62. The van der Waals surface area contributed by atoms with Gasteiger partial charge in [-0.1, -0.05) is 45.5 Å². The van der Waals surface area contributed by atoms with E-state index >= 15 is 0 Å². The number of thioether (sulfide) groups is 1. The number of hydrogen-bond donors (Lipinski definition) is 1. The predicted octanol–water partition coefficient (Wildman–Crippen LogP) is 4.16. The van der Waals surface area contributed by atoms with Crippen LogP contribution in [0.5, 0.6) is 0 Å². The molecule has 1 N–H and O–H groups in total. The van der Waals surface area contributed by atoms with Crippen LogP contribution in [0.4, 0.5) is 5.69 Å². The van der Waals surface area contributed by atoms with E-state index in [2.05, 4.69) is 18.3 Å². The van der Waals surface area contributed by atoms with Gasteiger partial charge in [0.15, 0.2) is 0 Å². The smallest absolute Gasteiger partial charge is 0.328 e. The van der Waals surface area contributed by atoms with Crippen LogP contribution in [-0.2, 0) is 18.9 Å². The molecular weight excluding hydrogens is 354 g/mol. The zero-order valence-corrected chi connectivity index (χ0v) is 17.6. The number of carbonyl (C=O) groups is 1. The maximum Gasteiger partial charge on any atom is 0.328 e. The first-order valence-electron chi connectivity index (χ1n) is 8.63. The lowest BCUT2D eigenvalue weighted by atomic mass is 10.1.